The maximum absolute atomic E-state index is 5.41. The number of ether oxygens (including phenoxy) is 2. The summed E-state index contributed by atoms with van der Waals surface area (Å²) in [4.78, 5) is 2.35. The van der Waals surface area contributed by atoms with Crippen LogP contribution in [0.2, 0.25) is 0 Å². The molecule has 0 amide bonds. The molecule has 1 aromatic carbocycles. The van der Waals surface area contributed by atoms with E-state index < -0.39 is 0 Å². The van der Waals surface area contributed by atoms with Gasteiger partial charge in [-0.3, -0.25) is 0 Å². The number of fused-ring (bicyclic) bond motifs is 1. The van der Waals surface area contributed by atoms with Crippen molar-refractivity contribution in [1.29, 1.82) is 0 Å². The normalized spacial score (nSPS) is 18.6. The molecule has 0 radical (unpaired) electrons. The van der Waals surface area contributed by atoms with Crippen LogP contribution in [0, 0.1) is 0 Å². The van der Waals surface area contributed by atoms with Crippen LogP contribution in [0.25, 0.3) is 0 Å². The molecule has 2 heterocycles. The molecule has 0 aromatic heterocycles. The summed E-state index contributed by atoms with van der Waals surface area (Å²) in [6.07, 6.45) is 3.11. The van der Waals surface area contributed by atoms with E-state index >= 15 is 0 Å². The van der Waals surface area contributed by atoms with Crippen LogP contribution >= 0.6 is 0 Å². The van der Waals surface area contributed by atoms with Crippen LogP contribution in [-0.4, -0.2) is 26.2 Å². The summed E-state index contributed by atoms with van der Waals surface area (Å²) in [5, 5.41) is 3.34. The van der Waals surface area contributed by atoms with Crippen molar-refractivity contribution in [2.75, 3.05) is 31.1 Å². The van der Waals surface area contributed by atoms with Gasteiger partial charge in [0.25, 0.3) is 0 Å². The average molecular weight is 218 g/mol. The number of anilines is 1. The summed E-state index contributed by atoms with van der Waals surface area (Å²) in [5.74, 6) is 1.57. The summed E-state index contributed by atoms with van der Waals surface area (Å²) >= 11 is 0. The molecule has 0 bridgehead atoms. The zero-order chi connectivity index (χ0) is 10.8. The van der Waals surface area contributed by atoms with E-state index in [1.54, 1.807) is 12.5 Å². The lowest BCUT2D eigenvalue weighted by molar-refractivity contribution is 0.361. The van der Waals surface area contributed by atoms with E-state index in [1.807, 2.05) is 12.1 Å². The minimum atomic E-state index is 0.779. The summed E-state index contributed by atoms with van der Waals surface area (Å²) in [6.45, 7) is 4.15. The van der Waals surface area contributed by atoms with E-state index in [0.29, 0.717) is 0 Å². The monoisotopic (exact) mass is 218 g/mol. The zero-order valence-electron chi connectivity index (χ0n) is 8.98. The Bertz CT molecular complexity index is 411. The van der Waals surface area contributed by atoms with Crippen molar-refractivity contribution in [2.24, 2.45) is 0 Å². The Hall–Kier alpha value is -1.68. The van der Waals surface area contributed by atoms with Crippen LogP contribution in [0.4, 0.5) is 5.69 Å². The number of nitrogens with zero attached hydrogens (tertiary/aromatic N) is 1. The van der Waals surface area contributed by atoms with E-state index in [0.717, 1.165) is 37.7 Å². The first-order valence-electron chi connectivity index (χ1n) is 5.51. The first-order valence-corrected chi connectivity index (χ1v) is 5.51. The number of benzene rings is 1. The Morgan fingerprint density at radius 2 is 1.75 bits per heavy atom. The number of nitrogens with one attached hydrogen (secondary N) is 1. The van der Waals surface area contributed by atoms with Crippen molar-refractivity contribution < 1.29 is 9.47 Å². The second kappa shape index (κ2) is 4.06. The molecule has 1 N–H and O–H groups in total. The van der Waals surface area contributed by atoms with Crippen molar-refractivity contribution in [3.8, 4) is 11.5 Å². The topological polar surface area (TPSA) is 33.7 Å². The van der Waals surface area contributed by atoms with Crippen LogP contribution in [-0.2, 0) is 0 Å². The maximum Gasteiger partial charge on any atom is 0.171 e. The average Bonchev–Trinajstić information content (AvgIpc) is 2.39. The van der Waals surface area contributed by atoms with Crippen molar-refractivity contribution >= 4 is 5.69 Å². The van der Waals surface area contributed by atoms with Crippen molar-refractivity contribution in [3.63, 3.8) is 0 Å². The van der Waals surface area contributed by atoms with Gasteiger partial charge in [-0.1, -0.05) is 0 Å². The Kier molecular flexibility index (Phi) is 2.42. The number of rotatable bonds is 1. The first kappa shape index (κ1) is 9.54. The largest absolute Gasteiger partial charge is 0.458 e. The van der Waals surface area contributed by atoms with Crippen LogP contribution in [0.3, 0.4) is 0 Å². The molecular weight excluding hydrogens is 204 g/mol. The van der Waals surface area contributed by atoms with Crippen LogP contribution in [0.15, 0.2) is 30.7 Å². The van der Waals surface area contributed by atoms with Gasteiger partial charge < -0.3 is 19.7 Å². The Morgan fingerprint density at radius 3 is 2.56 bits per heavy atom. The van der Waals surface area contributed by atoms with Gasteiger partial charge in [-0.2, -0.15) is 0 Å². The molecule has 3 rings (SSSR count). The minimum Gasteiger partial charge on any atom is -0.458 e. The molecule has 0 saturated carbocycles. The summed E-state index contributed by atoms with van der Waals surface area (Å²) in [7, 11) is 0. The van der Waals surface area contributed by atoms with Crippen molar-refractivity contribution in [3.05, 3.63) is 30.7 Å². The van der Waals surface area contributed by atoms with Crippen LogP contribution in [0.1, 0.15) is 0 Å². The van der Waals surface area contributed by atoms with E-state index in [-0.39, 0.29) is 0 Å². The molecule has 16 heavy (non-hydrogen) atoms. The Morgan fingerprint density at radius 1 is 1.00 bits per heavy atom. The van der Waals surface area contributed by atoms with Crippen molar-refractivity contribution in [1.82, 2.24) is 5.32 Å². The van der Waals surface area contributed by atoms with E-state index in [4.69, 9.17) is 9.47 Å². The zero-order valence-corrected chi connectivity index (χ0v) is 8.98. The van der Waals surface area contributed by atoms with Gasteiger partial charge in [0, 0.05) is 37.9 Å². The highest BCUT2D eigenvalue weighted by atomic mass is 16.5. The highest BCUT2D eigenvalue weighted by Gasteiger charge is 2.14. The van der Waals surface area contributed by atoms with Crippen LogP contribution < -0.4 is 19.7 Å². The summed E-state index contributed by atoms with van der Waals surface area (Å²) in [6, 6.07) is 6.06. The third kappa shape index (κ3) is 1.72. The third-order valence-electron chi connectivity index (χ3n) is 2.86. The van der Waals surface area contributed by atoms with E-state index in [1.165, 1.54) is 5.69 Å². The molecular formula is C12H14N2O2. The lowest BCUT2D eigenvalue weighted by Gasteiger charge is -2.30. The van der Waals surface area contributed by atoms with Crippen molar-refractivity contribution in [2.45, 2.75) is 0 Å². The molecule has 2 aliphatic rings. The highest BCUT2D eigenvalue weighted by Crippen LogP contribution is 2.34. The molecule has 1 fully saturated rings. The molecule has 1 saturated heterocycles. The molecule has 0 spiro atoms. The highest BCUT2D eigenvalue weighted by molar-refractivity contribution is 5.57. The maximum atomic E-state index is 5.41. The molecule has 4 heteroatoms. The summed E-state index contributed by atoms with van der Waals surface area (Å²) < 4.78 is 10.7. The molecule has 2 aliphatic heterocycles. The lowest BCUT2D eigenvalue weighted by atomic mass is 10.2. The smallest absolute Gasteiger partial charge is 0.171 e. The van der Waals surface area contributed by atoms with Crippen LogP contribution in [0.5, 0.6) is 11.5 Å². The molecule has 84 valence electrons. The SMILES string of the molecule is C1=COc2cc(N3CCNCC3)ccc2O1. The summed E-state index contributed by atoms with van der Waals surface area (Å²) in [5.41, 5.74) is 1.19. The fourth-order valence-electron chi connectivity index (χ4n) is 2.01. The van der Waals surface area contributed by atoms with E-state index in [9.17, 15) is 0 Å². The molecule has 4 nitrogen and oxygen atoms in total. The molecule has 0 aliphatic carbocycles. The quantitative estimate of drug-likeness (QED) is 0.771. The fraction of sp³-hybridized carbons (Fsp3) is 0.333. The van der Waals surface area contributed by atoms with Gasteiger partial charge in [0.15, 0.2) is 11.5 Å². The minimum absolute atomic E-state index is 0.779. The van der Waals surface area contributed by atoms with Gasteiger partial charge in [-0.15, -0.1) is 0 Å². The number of hydrogen-bond acceptors (Lipinski definition) is 4. The molecule has 1 aromatic rings. The van der Waals surface area contributed by atoms with Gasteiger partial charge in [-0.05, 0) is 12.1 Å². The Labute approximate surface area is 94.5 Å². The van der Waals surface area contributed by atoms with Gasteiger partial charge in [0.2, 0.25) is 0 Å². The second-order valence-corrected chi connectivity index (χ2v) is 3.88. The van der Waals surface area contributed by atoms with Gasteiger partial charge in [0.1, 0.15) is 12.5 Å². The standard InChI is InChI=1S/C12H14N2O2/c1-2-11-12(16-8-7-15-11)9-10(1)14-5-3-13-4-6-14/h1-2,7-9,13H,3-6H2. The number of hydrogen-bond donors (Lipinski definition) is 1. The molecule has 0 atom stereocenters. The van der Waals surface area contributed by atoms with Gasteiger partial charge in [0.05, 0.1) is 0 Å². The number of piperazine rings is 1. The van der Waals surface area contributed by atoms with E-state index in [2.05, 4.69) is 16.3 Å². The van der Waals surface area contributed by atoms with Gasteiger partial charge in [-0.25, -0.2) is 0 Å². The first-order chi connectivity index (χ1) is 7.93. The Balaban J connectivity index is 1.85. The third-order valence-corrected chi connectivity index (χ3v) is 2.86. The second-order valence-electron chi connectivity index (χ2n) is 3.88. The lowest BCUT2D eigenvalue weighted by Crippen LogP contribution is -2.43. The predicted octanol–water partition coefficient (Wildman–Crippen LogP) is 1.34. The van der Waals surface area contributed by atoms with Gasteiger partial charge >= 0.3 is 0 Å². The predicted molar refractivity (Wildman–Crippen MR) is 61.9 cm³/mol. The molecule has 0 unspecified atom stereocenters. The fourth-order valence-corrected chi connectivity index (χ4v) is 2.01.